The van der Waals surface area contributed by atoms with Crippen LogP contribution in [0.4, 0.5) is 5.69 Å². The first-order valence-corrected chi connectivity index (χ1v) is 13.5. The molecule has 1 N–H and O–H groups in total. The van der Waals surface area contributed by atoms with Crippen molar-refractivity contribution in [3.63, 3.8) is 0 Å². The van der Waals surface area contributed by atoms with E-state index in [1.165, 1.54) is 24.3 Å². The molecule has 0 heterocycles. The summed E-state index contributed by atoms with van der Waals surface area (Å²) in [4.78, 5) is 25.6. The fourth-order valence-corrected chi connectivity index (χ4v) is 7.48. The van der Waals surface area contributed by atoms with Crippen LogP contribution in [0, 0.1) is 17.3 Å². The van der Waals surface area contributed by atoms with Crippen molar-refractivity contribution >= 4 is 17.6 Å². The van der Waals surface area contributed by atoms with Crippen molar-refractivity contribution in [2.45, 2.75) is 50.5 Å². The summed E-state index contributed by atoms with van der Waals surface area (Å²) in [7, 11) is 0. The fourth-order valence-electron chi connectivity index (χ4n) is 7.48. The van der Waals surface area contributed by atoms with Crippen LogP contribution in [0.1, 0.15) is 49.7 Å². The Balaban J connectivity index is 1.11. The number of benzene rings is 3. The zero-order valence-corrected chi connectivity index (χ0v) is 21.5. The number of carbonyl (C=O) groups excluding carboxylic acids is 2. The Hall–Kier alpha value is -3.86. The van der Waals surface area contributed by atoms with Crippen LogP contribution >= 0.6 is 0 Å². The third-order valence-corrected chi connectivity index (χ3v) is 8.64. The van der Waals surface area contributed by atoms with Gasteiger partial charge in [0, 0.05) is 11.8 Å². The molecule has 2 unspecified atom stereocenters. The molecule has 3 aromatic carbocycles. The molecule has 7 rings (SSSR count). The van der Waals surface area contributed by atoms with Gasteiger partial charge in [0.15, 0.2) is 0 Å². The van der Waals surface area contributed by atoms with Crippen LogP contribution in [0.25, 0.3) is 0 Å². The second-order valence-corrected chi connectivity index (χ2v) is 11.4. The van der Waals surface area contributed by atoms with E-state index >= 15 is 0 Å². The van der Waals surface area contributed by atoms with Crippen molar-refractivity contribution in [2.75, 3.05) is 5.32 Å². The second-order valence-electron chi connectivity index (χ2n) is 11.4. The lowest BCUT2D eigenvalue weighted by Gasteiger charge is -2.61. The molecule has 38 heavy (non-hydrogen) atoms. The minimum absolute atomic E-state index is 0.0137. The summed E-state index contributed by atoms with van der Waals surface area (Å²) in [5.41, 5.74) is 2.69. The van der Waals surface area contributed by atoms with E-state index in [0.29, 0.717) is 24.2 Å². The quantitative estimate of drug-likeness (QED) is 0.207. The second kappa shape index (κ2) is 10.1. The Morgan fingerprint density at radius 1 is 0.842 bits per heavy atom. The van der Waals surface area contributed by atoms with Gasteiger partial charge >= 0.3 is 5.97 Å². The number of para-hydroxylation sites is 1. The van der Waals surface area contributed by atoms with Crippen LogP contribution in [0.15, 0.2) is 97.3 Å². The molecule has 194 valence electrons. The summed E-state index contributed by atoms with van der Waals surface area (Å²) in [5, 5.41) is 2.80. The number of hydrogen-bond acceptors (Lipinski definition) is 4. The largest absolute Gasteiger partial charge is 0.465 e. The molecule has 4 bridgehead atoms. The summed E-state index contributed by atoms with van der Waals surface area (Å²) in [5.74, 6) is 1.56. The van der Waals surface area contributed by atoms with Gasteiger partial charge < -0.3 is 14.8 Å². The third-order valence-electron chi connectivity index (χ3n) is 8.64. The molecular weight excluding hydrogens is 474 g/mol. The number of nitrogens with one attached hydrogen (secondary N) is 1. The van der Waals surface area contributed by atoms with Gasteiger partial charge in [-0.05, 0) is 91.2 Å². The Labute approximate surface area is 223 Å². The lowest BCUT2D eigenvalue weighted by Crippen LogP contribution is -2.57. The molecule has 2 atom stereocenters. The molecule has 5 heteroatoms. The Bertz CT molecular complexity index is 1300. The molecule has 0 saturated heterocycles. The first kappa shape index (κ1) is 24.5. The number of rotatable bonds is 8. The smallest absolute Gasteiger partial charge is 0.312 e. The van der Waals surface area contributed by atoms with E-state index in [4.69, 9.17) is 9.47 Å². The Morgan fingerprint density at radius 2 is 1.50 bits per heavy atom. The van der Waals surface area contributed by atoms with Crippen molar-refractivity contribution in [1.82, 2.24) is 0 Å². The monoisotopic (exact) mass is 507 g/mol. The zero-order valence-electron chi connectivity index (χ0n) is 21.5. The highest BCUT2D eigenvalue weighted by Crippen LogP contribution is 2.66. The standard InChI is InChI=1S/C33H33NO4/c35-30(34-28-9-5-2-6-10-28)15-16-37-29-13-11-27(12-14-29)32-18-25-17-26(19-32)21-33(20-25,23-32)31(36)38-22-24-7-3-1-4-8-24/h1-16,25-26H,17-23H2,(H,34,35). The number of carbonyl (C=O) groups is 2. The molecule has 0 aliphatic heterocycles. The molecule has 0 aromatic heterocycles. The molecule has 4 aliphatic rings. The number of anilines is 1. The van der Waals surface area contributed by atoms with Gasteiger partial charge in [-0.25, -0.2) is 0 Å². The van der Waals surface area contributed by atoms with E-state index in [-0.39, 0.29) is 22.7 Å². The van der Waals surface area contributed by atoms with Gasteiger partial charge in [-0.15, -0.1) is 0 Å². The minimum Gasteiger partial charge on any atom is -0.465 e. The van der Waals surface area contributed by atoms with Crippen molar-refractivity contribution in [3.05, 3.63) is 108 Å². The molecule has 1 amide bonds. The van der Waals surface area contributed by atoms with Crippen LogP contribution in [-0.2, 0) is 26.3 Å². The van der Waals surface area contributed by atoms with E-state index in [0.717, 1.165) is 43.4 Å². The summed E-state index contributed by atoms with van der Waals surface area (Å²) in [6, 6.07) is 27.5. The molecular formula is C33H33NO4. The van der Waals surface area contributed by atoms with Gasteiger partial charge in [0.2, 0.25) is 0 Å². The molecule has 4 aliphatic carbocycles. The van der Waals surface area contributed by atoms with Crippen molar-refractivity contribution in [2.24, 2.45) is 17.3 Å². The lowest BCUT2D eigenvalue weighted by atomic mass is 9.43. The van der Waals surface area contributed by atoms with E-state index < -0.39 is 0 Å². The summed E-state index contributed by atoms with van der Waals surface area (Å²) >= 11 is 0. The lowest BCUT2D eigenvalue weighted by molar-refractivity contribution is -0.175. The Kier molecular flexibility index (Phi) is 6.52. The predicted molar refractivity (Wildman–Crippen MR) is 146 cm³/mol. The van der Waals surface area contributed by atoms with Gasteiger partial charge in [0.1, 0.15) is 12.4 Å². The van der Waals surface area contributed by atoms with E-state index in [2.05, 4.69) is 17.4 Å². The summed E-state index contributed by atoms with van der Waals surface area (Å²) in [6.45, 7) is 0.340. The minimum atomic E-state index is -0.372. The highest BCUT2D eigenvalue weighted by molar-refractivity contribution is 5.99. The van der Waals surface area contributed by atoms with E-state index in [1.807, 2.05) is 72.8 Å². The zero-order chi connectivity index (χ0) is 26.0. The summed E-state index contributed by atoms with van der Waals surface area (Å²) in [6.07, 6.45) is 9.06. The van der Waals surface area contributed by atoms with Gasteiger partial charge in [0.05, 0.1) is 11.7 Å². The highest BCUT2D eigenvalue weighted by atomic mass is 16.5. The Morgan fingerprint density at radius 3 is 2.18 bits per heavy atom. The maximum Gasteiger partial charge on any atom is 0.312 e. The summed E-state index contributed by atoms with van der Waals surface area (Å²) < 4.78 is 11.6. The van der Waals surface area contributed by atoms with Crippen molar-refractivity contribution in [1.29, 1.82) is 0 Å². The average molecular weight is 508 g/mol. The first-order valence-electron chi connectivity index (χ1n) is 13.5. The van der Waals surface area contributed by atoms with Crippen LogP contribution < -0.4 is 10.1 Å². The molecule has 5 nitrogen and oxygen atoms in total. The van der Waals surface area contributed by atoms with Crippen LogP contribution in [0.2, 0.25) is 0 Å². The van der Waals surface area contributed by atoms with Crippen LogP contribution in [0.3, 0.4) is 0 Å². The van der Waals surface area contributed by atoms with E-state index in [9.17, 15) is 9.59 Å². The maximum absolute atomic E-state index is 13.5. The fraction of sp³-hybridized carbons (Fsp3) is 0.333. The average Bonchev–Trinajstić information content (AvgIpc) is 2.92. The van der Waals surface area contributed by atoms with Crippen LogP contribution in [-0.4, -0.2) is 11.9 Å². The van der Waals surface area contributed by atoms with Gasteiger partial charge in [-0.3, -0.25) is 9.59 Å². The van der Waals surface area contributed by atoms with Crippen molar-refractivity contribution < 1.29 is 19.1 Å². The molecule has 4 fully saturated rings. The molecule has 0 spiro atoms. The van der Waals surface area contributed by atoms with Crippen LogP contribution in [0.5, 0.6) is 5.75 Å². The van der Waals surface area contributed by atoms with Gasteiger partial charge in [0.25, 0.3) is 5.91 Å². The topological polar surface area (TPSA) is 64.6 Å². The number of esters is 1. The normalized spacial score (nSPS) is 27.3. The molecule has 0 radical (unpaired) electrons. The molecule has 4 saturated carbocycles. The highest BCUT2D eigenvalue weighted by Gasteiger charge is 2.61. The predicted octanol–water partition coefficient (Wildman–Crippen LogP) is 6.80. The number of amides is 1. The van der Waals surface area contributed by atoms with Gasteiger partial charge in [-0.1, -0.05) is 60.7 Å². The van der Waals surface area contributed by atoms with Gasteiger partial charge in [-0.2, -0.15) is 0 Å². The maximum atomic E-state index is 13.5. The SMILES string of the molecule is O=C(C=COc1ccc(C23CC4CC(CC(C(=O)OCc5ccccc5)(C4)C2)C3)cc1)Nc1ccccc1. The first-order chi connectivity index (χ1) is 18.5. The number of hydrogen-bond donors (Lipinski definition) is 1. The third kappa shape index (κ3) is 4.98. The molecule has 3 aromatic rings. The van der Waals surface area contributed by atoms with E-state index in [1.54, 1.807) is 0 Å². The van der Waals surface area contributed by atoms with Crippen molar-refractivity contribution in [3.8, 4) is 5.75 Å². The number of ether oxygens (including phenoxy) is 2.